The van der Waals surface area contributed by atoms with E-state index in [-0.39, 0.29) is 57.0 Å². The van der Waals surface area contributed by atoms with Gasteiger partial charge < -0.3 is 4.89 Å². The van der Waals surface area contributed by atoms with Crippen LogP contribution in [-0.2, 0) is 4.57 Å². The summed E-state index contributed by atoms with van der Waals surface area (Å²) >= 11 is 0. The fourth-order valence-electron chi connectivity index (χ4n) is 0.792. The Labute approximate surface area is 106 Å². The summed E-state index contributed by atoms with van der Waals surface area (Å²) < 4.78 is 10.4. The van der Waals surface area contributed by atoms with Crippen molar-refractivity contribution < 1.29 is 60.8 Å². The number of hydrogen-bond acceptors (Lipinski definition) is 2. The molecule has 0 heterocycles. The van der Waals surface area contributed by atoms with Gasteiger partial charge in [0.2, 0.25) is 0 Å². The molecule has 0 saturated heterocycles. The van der Waals surface area contributed by atoms with Crippen LogP contribution in [-0.4, -0.2) is 5.66 Å². The van der Waals surface area contributed by atoms with Crippen molar-refractivity contribution in [3.8, 4) is 0 Å². The third kappa shape index (κ3) is 6.41. The molecule has 4 heteroatoms. The second kappa shape index (κ2) is 8.79. The van der Waals surface area contributed by atoms with E-state index >= 15 is 0 Å². The van der Waals surface area contributed by atoms with Crippen molar-refractivity contribution in [2.45, 2.75) is 38.8 Å². The Balaban J connectivity index is 0. The molecule has 0 aromatic rings. The largest absolute Gasteiger partial charge is 1.00 e. The maximum absolute atomic E-state index is 10.4. The van der Waals surface area contributed by atoms with Crippen LogP contribution in [0.15, 0.2) is 0 Å². The SMILES string of the molecule is CCCC(CC)[P+](=O)[O-].[K+]. The summed E-state index contributed by atoms with van der Waals surface area (Å²) in [6.45, 7) is 3.91. The van der Waals surface area contributed by atoms with Crippen molar-refractivity contribution in [2.75, 3.05) is 0 Å². The molecular formula is C6H13KO2P+. The van der Waals surface area contributed by atoms with Crippen LogP contribution in [0, 0.1) is 0 Å². The molecule has 0 N–H and O–H groups in total. The Morgan fingerprint density at radius 3 is 2.10 bits per heavy atom. The molecular weight excluding hydrogens is 174 g/mol. The van der Waals surface area contributed by atoms with Gasteiger partial charge in [-0.05, 0) is 12.8 Å². The molecule has 0 aliphatic rings. The molecule has 0 radical (unpaired) electrons. The second-order valence-corrected chi connectivity index (χ2v) is 3.44. The Bertz CT molecular complexity index is 97.7. The molecule has 0 spiro atoms. The smallest absolute Gasteiger partial charge is 0.595 e. The fraction of sp³-hybridized carbons (Fsp3) is 1.00. The number of hydrogen-bond donors (Lipinski definition) is 0. The molecule has 10 heavy (non-hydrogen) atoms. The van der Waals surface area contributed by atoms with E-state index in [9.17, 15) is 9.46 Å². The van der Waals surface area contributed by atoms with Gasteiger partial charge in [0.15, 0.2) is 5.66 Å². The van der Waals surface area contributed by atoms with Crippen molar-refractivity contribution in [2.24, 2.45) is 0 Å². The zero-order chi connectivity index (χ0) is 7.28. The van der Waals surface area contributed by atoms with E-state index < -0.39 is 8.03 Å². The van der Waals surface area contributed by atoms with Crippen LogP contribution in [0.3, 0.4) is 0 Å². The summed E-state index contributed by atoms with van der Waals surface area (Å²) in [5.41, 5.74) is -0.0787. The van der Waals surface area contributed by atoms with Crippen LogP contribution < -0.4 is 56.3 Å². The van der Waals surface area contributed by atoms with E-state index in [1.165, 1.54) is 0 Å². The fourth-order valence-corrected chi connectivity index (χ4v) is 1.56. The average Bonchev–Trinajstić information content (AvgIpc) is 1.82. The van der Waals surface area contributed by atoms with Crippen molar-refractivity contribution in [3.05, 3.63) is 0 Å². The van der Waals surface area contributed by atoms with Gasteiger partial charge in [-0.3, -0.25) is 0 Å². The predicted molar refractivity (Wildman–Crippen MR) is 36.6 cm³/mol. The van der Waals surface area contributed by atoms with E-state index in [4.69, 9.17) is 0 Å². The van der Waals surface area contributed by atoms with Crippen molar-refractivity contribution in [3.63, 3.8) is 0 Å². The monoisotopic (exact) mass is 187 g/mol. The van der Waals surface area contributed by atoms with Crippen LogP contribution in [0.25, 0.3) is 0 Å². The molecule has 0 aromatic carbocycles. The molecule has 2 unspecified atom stereocenters. The van der Waals surface area contributed by atoms with Crippen LogP contribution in [0.5, 0.6) is 0 Å². The molecule has 0 fully saturated rings. The van der Waals surface area contributed by atoms with Crippen molar-refractivity contribution in [1.82, 2.24) is 0 Å². The molecule has 0 rings (SSSR count). The summed E-state index contributed by atoms with van der Waals surface area (Å²) in [6.07, 6.45) is 2.53. The summed E-state index contributed by atoms with van der Waals surface area (Å²) in [4.78, 5) is 10.4. The first kappa shape index (κ1) is 14.2. The first-order valence-electron chi connectivity index (χ1n) is 3.35. The molecule has 0 aromatic heterocycles. The first-order valence-corrected chi connectivity index (χ1v) is 4.60. The minimum absolute atomic E-state index is 0. The van der Waals surface area contributed by atoms with Gasteiger partial charge in [-0.15, -0.1) is 0 Å². The quantitative estimate of drug-likeness (QED) is 0.404. The minimum Gasteiger partial charge on any atom is -0.595 e. The number of rotatable bonds is 4. The topological polar surface area (TPSA) is 40.1 Å². The zero-order valence-electron chi connectivity index (χ0n) is 6.96. The predicted octanol–water partition coefficient (Wildman–Crippen LogP) is -1.33. The van der Waals surface area contributed by atoms with Gasteiger partial charge in [0.1, 0.15) is 0 Å². The summed E-state index contributed by atoms with van der Waals surface area (Å²) in [6, 6.07) is 0. The van der Waals surface area contributed by atoms with Gasteiger partial charge in [0, 0.05) is 0 Å². The summed E-state index contributed by atoms with van der Waals surface area (Å²) in [5.74, 6) is 0. The Kier molecular flexibility index (Phi) is 12.5. The van der Waals surface area contributed by atoms with E-state index in [0.29, 0.717) is 0 Å². The molecule has 0 aliphatic heterocycles. The van der Waals surface area contributed by atoms with Crippen LogP contribution in [0.1, 0.15) is 33.1 Å². The van der Waals surface area contributed by atoms with Crippen LogP contribution in [0.2, 0.25) is 0 Å². The molecule has 0 aliphatic carbocycles. The molecule has 2 atom stereocenters. The van der Waals surface area contributed by atoms with Gasteiger partial charge in [-0.1, -0.05) is 24.8 Å². The van der Waals surface area contributed by atoms with Gasteiger partial charge in [-0.25, -0.2) is 0 Å². The first-order chi connectivity index (χ1) is 4.22. The maximum atomic E-state index is 10.4. The van der Waals surface area contributed by atoms with Gasteiger partial charge >= 0.3 is 59.4 Å². The molecule has 2 nitrogen and oxygen atoms in total. The van der Waals surface area contributed by atoms with E-state index in [0.717, 1.165) is 19.3 Å². The maximum Gasteiger partial charge on any atom is 1.00 e. The summed E-state index contributed by atoms with van der Waals surface area (Å²) in [7, 11) is -2.17. The normalized spacial score (nSPS) is 13.7. The molecule has 0 bridgehead atoms. The van der Waals surface area contributed by atoms with E-state index in [1.807, 2.05) is 13.8 Å². The third-order valence-electron chi connectivity index (χ3n) is 1.39. The third-order valence-corrected chi connectivity index (χ3v) is 2.61. The van der Waals surface area contributed by atoms with Gasteiger partial charge in [-0.2, -0.15) is 0 Å². The van der Waals surface area contributed by atoms with E-state index in [2.05, 4.69) is 0 Å². The summed E-state index contributed by atoms with van der Waals surface area (Å²) in [5, 5.41) is 0. The second-order valence-electron chi connectivity index (χ2n) is 2.14. The average molecular weight is 187 g/mol. The minimum atomic E-state index is -2.17. The zero-order valence-corrected chi connectivity index (χ0v) is 11.0. The Morgan fingerprint density at radius 2 is 2.00 bits per heavy atom. The van der Waals surface area contributed by atoms with E-state index in [1.54, 1.807) is 0 Å². The Hall–Kier alpha value is 1.70. The van der Waals surface area contributed by atoms with Crippen LogP contribution in [0.4, 0.5) is 0 Å². The van der Waals surface area contributed by atoms with Gasteiger partial charge in [0.05, 0.1) is 0 Å². The Morgan fingerprint density at radius 1 is 1.50 bits per heavy atom. The van der Waals surface area contributed by atoms with Gasteiger partial charge in [0.25, 0.3) is 0 Å². The molecule has 0 amide bonds. The molecule has 54 valence electrons. The van der Waals surface area contributed by atoms with Crippen molar-refractivity contribution in [1.29, 1.82) is 0 Å². The van der Waals surface area contributed by atoms with Crippen molar-refractivity contribution >= 4 is 8.03 Å². The standard InChI is InChI=1S/C6H13O2P.K/c1-3-5-6(4-2)9(7)8;/h6H,3-5H2,1-2H3;/q;+1. The molecule has 0 saturated carbocycles. The van der Waals surface area contributed by atoms with Crippen LogP contribution >= 0.6 is 8.03 Å².